The van der Waals surface area contributed by atoms with Crippen molar-refractivity contribution in [1.82, 2.24) is 0 Å². The first kappa shape index (κ1) is 16.8. The van der Waals surface area contributed by atoms with Crippen LogP contribution in [0.1, 0.15) is 72.1 Å². The number of carbonyl (C=O) groups is 1. The van der Waals surface area contributed by atoms with Crippen LogP contribution in [0, 0.1) is 29.1 Å². The zero-order valence-corrected chi connectivity index (χ0v) is 15.3. The molecule has 4 rings (SSSR count). The second-order valence-corrected chi connectivity index (χ2v) is 9.37. The van der Waals surface area contributed by atoms with Crippen molar-refractivity contribution in [2.75, 3.05) is 0 Å². The topological polar surface area (TPSA) is 57.5 Å². The van der Waals surface area contributed by atoms with Crippen LogP contribution < -0.4 is 0 Å². The van der Waals surface area contributed by atoms with E-state index in [1.54, 1.807) is 12.5 Å². The van der Waals surface area contributed by atoms with Gasteiger partial charge in [0.15, 0.2) is 0 Å². The monoisotopic (exact) mass is 332 g/mol. The first-order valence-electron chi connectivity index (χ1n) is 9.92. The summed E-state index contributed by atoms with van der Waals surface area (Å²) in [7, 11) is 0. The molecule has 3 nitrogen and oxygen atoms in total. The Kier molecular flexibility index (Phi) is 3.78. The molecule has 0 bridgehead atoms. The fourth-order valence-corrected chi connectivity index (χ4v) is 7.10. The number of allylic oxidation sites excluding steroid dienone is 2. The smallest absolute Gasteiger partial charge is 0.137 e. The summed E-state index contributed by atoms with van der Waals surface area (Å²) in [6, 6.07) is 0. The number of hydrogen-bond acceptors (Lipinski definition) is 3. The fraction of sp³-hybridized carbons (Fsp3) is 0.857. The Labute approximate surface area is 145 Å². The Hall–Kier alpha value is -0.670. The fourth-order valence-electron chi connectivity index (χ4n) is 7.10. The van der Waals surface area contributed by atoms with Gasteiger partial charge >= 0.3 is 0 Å². The van der Waals surface area contributed by atoms with Gasteiger partial charge in [-0.3, -0.25) is 4.79 Å². The minimum absolute atomic E-state index is 0.162. The van der Waals surface area contributed by atoms with Crippen LogP contribution in [0.25, 0.3) is 0 Å². The van der Waals surface area contributed by atoms with Gasteiger partial charge in [-0.25, -0.2) is 0 Å². The maximum absolute atomic E-state index is 11.9. The molecule has 4 aliphatic carbocycles. The summed E-state index contributed by atoms with van der Waals surface area (Å²) in [4.78, 5) is 11.9. The second-order valence-electron chi connectivity index (χ2n) is 9.37. The summed E-state index contributed by atoms with van der Waals surface area (Å²) in [5, 5.41) is 21.5. The average Bonchev–Trinajstić information content (AvgIpc) is 2.81. The van der Waals surface area contributed by atoms with Gasteiger partial charge < -0.3 is 10.2 Å². The van der Waals surface area contributed by atoms with Crippen molar-refractivity contribution in [2.45, 2.75) is 83.8 Å². The molecule has 0 aromatic rings. The van der Waals surface area contributed by atoms with E-state index in [9.17, 15) is 15.0 Å². The van der Waals surface area contributed by atoms with E-state index in [4.69, 9.17) is 0 Å². The molecular weight excluding hydrogens is 300 g/mol. The Bertz CT molecular complexity index is 592. The van der Waals surface area contributed by atoms with Gasteiger partial charge in [0.1, 0.15) is 5.78 Å². The quantitative estimate of drug-likeness (QED) is 0.721. The number of ketones is 1. The molecule has 2 fully saturated rings. The lowest BCUT2D eigenvalue weighted by atomic mass is 9.51. The van der Waals surface area contributed by atoms with Gasteiger partial charge in [-0.05, 0) is 69.1 Å². The number of rotatable bonds is 1. The molecule has 0 saturated heterocycles. The van der Waals surface area contributed by atoms with Crippen LogP contribution in [0.4, 0.5) is 0 Å². The van der Waals surface area contributed by atoms with E-state index in [0.29, 0.717) is 35.9 Å². The minimum Gasteiger partial charge on any atom is -0.390 e. The van der Waals surface area contributed by atoms with Gasteiger partial charge in [-0.1, -0.05) is 25.0 Å². The van der Waals surface area contributed by atoms with Crippen LogP contribution in [-0.2, 0) is 4.79 Å². The molecule has 0 spiro atoms. The highest BCUT2D eigenvalue weighted by Crippen LogP contribution is 2.65. The van der Waals surface area contributed by atoms with Gasteiger partial charge in [0.25, 0.3) is 0 Å². The molecular formula is C21H32O3. The molecule has 0 heterocycles. The van der Waals surface area contributed by atoms with E-state index < -0.39 is 11.7 Å². The molecule has 24 heavy (non-hydrogen) atoms. The molecule has 0 unspecified atom stereocenters. The number of carbonyl (C=O) groups excluding carboxylic acids is 1. The third-order valence-corrected chi connectivity index (χ3v) is 8.48. The van der Waals surface area contributed by atoms with Crippen LogP contribution in [0.3, 0.4) is 0 Å². The Morgan fingerprint density at radius 3 is 2.62 bits per heavy atom. The zero-order valence-electron chi connectivity index (χ0n) is 15.3. The largest absolute Gasteiger partial charge is 0.390 e. The van der Waals surface area contributed by atoms with Crippen molar-refractivity contribution >= 4 is 5.78 Å². The first-order chi connectivity index (χ1) is 11.3. The predicted molar refractivity (Wildman–Crippen MR) is 93.3 cm³/mol. The first-order valence-corrected chi connectivity index (χ1v) is 9.92. The number of aliphatic hydroxyl groups excluding tert-OH is 1. The second kappa shape index (κ2) is 5.41. The lowest BCUT2D eigenvalue weighted by Gasteiger charge is -2.55. The van der Waals surface area contributed by atoms with Crippen LogP contribution in [-0.4, -0.2) is 27.7 Å². The summed E-state index contributed by atoms with van der Waals surface area (Å²) in [5.41, 5.74) is 1.97. The lowest BCUT2D eigenvalue weighted by Crippen LogP contribution is -2.56. The van der Waals surface area contributed by atoms with Crippen molar-refractivity contribution < 1.29 is 15.0 Å². The molecule has 0 aromatic carbocycles. The Balaban J connectivity index is 1.69. The van der Waals surface area contributed by atoms with Crippen LogP contribution in [0.2, 0.25) is 0 Å². The number of aliphatic hydroxyl groups is 2. The van der Waals surface area contributed by atoms with Crippen LogP contribution in [0.15, 0.2) is 11.1 Å². The van der Waals surface area contributed by atoms with Crippen molar-refractivity contribution in [3.8, 4) is 0 Å². The standard InChI is InChI=1S/C21H32O3/c1-12-10-18-16(15-5-4-14(23)11-17(12)15)6-8-20(3)19(18)7-9-21(20,24)13(2)22/h12-13,16,18-19,22,24H,4-11H2,1-3H3/t12-,13-,16+,18+,19-,20-,21-/m0/s1. The van der Waals surface area contributed by atoms with E-state index in [2.05, 4.69) is 13.8 Å². The number of Topliss-reactive ketones (excluding diaryl/α,β-unsaturated/α-hetero) is 1. The van der Waals surface area contributed by atoms with Gasteiger partial charge in [-0.15, -0.1) is 0 Å². The van der Waals surface area contributed by atoms with E-state index in [-0.39, 0.29) is 5.41 Å². The average molecular weight is 332 g/mol. The molecule has 2 N–H and O–H groups in total. The third-order valence-electron chi connectivity index (χ3n) is 8.48. The highest BCUT2D eigenvalue weighted by atomic mass is 16.3. The lowest BCUT2D eigenvalue weighted by molar-refractivity contribution is -0.162. The summed E-state index contributed by atoms with van der Waals surface area (Å²) in [6.07, 6.45) is 6.78. The maximum Gasteiger partial charge on any atom is 0.137 e. The van der Waals surface area contributed by atoms with E-state index in [1.165, 1.54) is 5.57 Å². The van der Waals surface area contributed by atoms with E-state index >= 15 is 0 Å². The third kappa shape index (κ3) is 2.07. The molecule has 0 aromatic heterocycles. The zero-order chi connectivity index (χ0) is 17.3. The highest BCUT2D eigenvalue weighted by Gasteiger charge is 2.63. The maximum atomic E-state index is 11.9. The number of fused-ring (bicyclic) bond motifs is 4. The van der Waals surface area contributed by atoms with Crippen molar-refractivity contribution in [3.05, 3.63) is 11.1 Å². The van der Waals surface area contributed by atoms with Gasteiger partial charge in [0.2, 0.25) is 0 Å². The number of hydrogen-bond donors (Lipinski definition) is 2. The van der Waals surface area contributed by atoms with E-state index in [1.807, 2.05) is 0 Å². The molecule has 4 aliphatic rings. The summed E-state index contributed by atoms with van der Waals surface area (Å²) in [6.45, 7) is 6.29. The van der Waals surface area contributed by atoms with E-state index in [0.717, 1.165) is 44.9 Å². The molecule has 134 valence electrons. The van der Waals surface area contributed by atoms with Crippen LogP contribution >= 0.6 is 0 Å². The normalized spacial score (nSPS) is 49.5. The molecule has 0 radical (unpaired) electrons. The molecule has 3 heteroatoms. The predicted octanol–water partition coefficient (Wildman–Crippen LogP) is 3.63. The molecule has 2 saturated carbocycles. The van der Waals surface area contributed by atoms with Crippen molar-refractivity contribution in [2.24, 2.45) is 29.1 Å². The minimum atomic E-state index is -0.928. The van der Waals surface area contributed by atoms with Crippen molar-refractivity contribution in [3.63, 3.8) is 0 Å². The van der Waals surface area contributed by atoms with Crippen LogP contribution in [0.5, 0.6) is 0 Å². The van der Waals surface area contributed by atoms with Gasteiger partial charge in [-0.2, -0.15) is 0 Å². The molecule has 0 aliphatic heterocycles. The molecule has 7 atom stereocenters. The Morgan fingerprint density at radius 2 is 1.92 bits per heavy atom. The van der Waals surface area contributed by atoms with Crippen molar-refractivity contribution in [1.29, 1.82) is 0 Å². The van der Waals surface area contributed by atoms with Gasteiger partial charge in [0, 0.05) is 18.3 Å². The van der Waals surface area contributed by atoms with Gasteiger partial charge in [0.05, 0.1) is 11.7 Å². The SMILES string of the molecule is C[C@H](O)[C@@]1(O)CC[C@H]2[C@@H]3C[C@H](C)C4=C(CCC(=O)C4)[C@H]3CC[C@@]21C. The highest BCUT2D eigenvalue weighted by molar-refractivity contribution is 5.83. The Morgan fingerprint density at radius 1 is 1.17 bits per heavy atom. The molecule has 0 amide bonds. The summed E-state index contributed by atoms with van der Waals surface area (Å²) < 4.78 is 0. The summed E-state index contributed by atoms with van der Waals surface area (Å²) >= 11 is 0. The summed E-state index contributed by atoms with van der Waals surface area (Å²) in [5.74, 6) is 2.68.